The van der Waals surface area contributed by atoms with Gasteiger partial charge in [-0.25, -0.2) is 8.42 Å². The summed E-state index contributed by atoms with van der Waals surface area (Å²) in [6.07, 6.45) is 0. The highest BCUT2D eigenvalue weighted by Gasteiger charge is 2.68. The van der Waals surface area contributed by atoms with E-state index in [2.05, 4.69) is 0 Å². The molecule has 1 saturated carbocycles. The van der Waals surface area contributed by atoms with Gasteiger partial charge in [0.25, 0.3) is 0 Å². The summed E-state index contributed by atoms with van der Waals surface area (Å²) in [5.41, 5.74) is 6.43. The molecule has 0 unspecified atom stereocenters. The minimum atomic E-state index is -3.21. The van der Waals surface area contributed by atoms with Gasteiger partial charge in [0, 0.05) is 18.3 Å². The maximum absolute atomic E-state index is 12.3. The van der Waals surface area contributed by atoms with E-state index < -0.39 is 20.6 Å². The molecule has 0 saturated heterocycles. The molecule has 2 rings (SSSR count). The number of benzene rings is 1. The molecule has 21 heavy (non-hydrogen) atoms. The van der Waals surface area contributed by atoms with Gasteiger partial charge in [0.15, 0.2) is 9.84 Å². The van der Waals surface area contributed by atoms with Crippen molar-refractivity contribution in [2.75, 3.05) is 26.1 Å². The molecular weight excluding hydrogens is 290 g/mol. The largest absolute Gasteiger partial charge is 0.497 e. The Morgan fingerprint density at radius 1 is 1.24 bits per heavy atom. The van der Waals surface area contributed by atoms with Gasteiger partial charge in [-0.2, -0.15) is 0 Å². The molecule has 0 aliphatic heterocycles. The Morgan fingerprint density at radius 2 is 1.86 bits per heavy atom. The van der Waals surface area contributed by atoms with Crippen molar-refractivity contribution in [3.05, 3.63) is 29.8 Å². The number of rotatable bonds is 7. The molecule has 0 bridgehead atoms. The maximum Gasteiger partial charge on any atom is 0.155 e. The van der Waals surface area contributed by atoms with Crippen LogP contribution in [0.4, 0.5) is 0 Å². The van der Waals surface area contributed by atoms with Gasteiger partial charge in [-0.1, -0.05) is 19.1 Å². The number of ether oxygens (including phenoxy) is 2. The highest BCUT2D eigenvalue weighted by atomic mass is 32.2. The molecule has 1 fully saturated rings. The fraction of sp³-hybridized carbons (Fsp3) is 0.600. The minimum Gasteiger partial charge on any atom is -0.497 e. The molecule has 118 valence electrons. The molecular formula is C15H23NO4S. The molecule has 0 amide bonds. The lowest BCUT2D eigenvalue weighted by Crippen LogP contribution is -2.36. The van der Waals surface area contributed by atoms with E-state index in [1.165, 1.54) is 0 Å². The van der Waals surface area contributed by atoms with Crippen molar-refractivity contribution in [2.24, 2.45) is 5.73 Å². The second-order valence-corrected chi connectivity index (χ2v) is 7.78. The third kappa shape index (κ3) is 2.93. The van der Waals surface area contributed by atoms with Crippen LogP contribution in [0.25, 0.3) is 0 Å². The maximum atomic E-state index is 12.3. The lowest BCUT2D eigenvalue weighted by atomic mass is 10.1. The van der Waals surface area contributed by atoms with Crippen LogP contribution >= 0.6 is 0 Å². The molecule has 2 N–H and O–H groups in total. The summed E-state index contributed by atoms with van der Waals surface area (Å²) >= 11 is 0. The summed E-state index contributed by atoms with van der Waals surface area (Å²) < 4.78 is 35.1. The Balaban J connectivity index is 2.30. The van der Waals surface area contributed by atoms with Crippen molar-refractivity contribution in [1.82, 2.24) is 0 Å². The van der Waals surface area contributed by atoms with E-state index in [1.807, 2.05) is 31.2 Å². The van der Waals surface area contributed by atoms with Crippen molar-refractivity contribution in [3.63, 3.8) is 0 Å². The minimum absolute atomic E-state index is 0.0927. The van der Waals surface area contributed by atoms with E-state index in [1.54, 1.807) is 14.0 Å². The zero-order chi connectivity index (χ0) is 15.7. The standard InChI is InChI=1S/C15H23NO4S/c1-4-20-10-15(16)13(14(15)21(17,18)5-2)11-6-8-12(19-3)9-7-11/h6-9,13-14H,4-5,10,16H2,1-3H3/t13-,14-,15+/m0/s1. The van der Waals surface area contributed by atoms with Crippen LogP contribution in [-0.2, 0) is 14.6 Å². The lowest BCUT2D eigenvalue weighted by molar-refractivity contribution is 0.125. The van der Waals surface area contributed by atoms with Crippen molar-refractivity contribution < 1.29 is 17.9 Å². The summed E-state index contributed by atoms with van der Waals surface area (Å²) in [4.78, 5) is 0. The molecule has 1 aliphatic rings. The van der Waals surface area contributed by atoms with E-state index >= 15 is 0 Å². The quantitative estimate of drug-likeness (QED) is 0.821. The summed E-state index contributed by atoms with van der Waals surface area (Å²) in [7, 11) is -1.62. The molecule has 0 spiro atoms. The zero-order valence-electron chi connectivity index (χ0n) is 12.7. The van der Waals surface area contributed by atoms with Gasteiger partial charge in [-0.3, -0.25) is 0 Å². The molecule has 5 nitrogen and oxygen atoms in total. The van der Waals surface area contributed by atoms with Crippen LogP contribution < -0.4 is 10.5 Å². The van der Waals surface area contributed by atoms with Gasteiger partial charge < -0.3 is 15.2 Å². The van der Waals surface area contributed by atoms with Crippen LogP contribution in [0, 0.1) is 0 Å². The fourth-order valence-electron chi connectivity index (χ4n) is 2.89. The Hall–Kier alpha value is -1.11. The van der Waals surface area contributed by atoms with Crippen molar-refractivity contribution in [1.29, 1.82) is 0 Å². The fourth-order valence-corrected chi connectivity index (χ4v) is 4.88. The third-order valence-electron chi connectivity index (χ3n) is 4.12. The van der Waals surface area contributed by atoms with E-state index in [4.69, 9.17) is 15.2 Å². The Kier molecular flexibility index (Phi) is 4.60. The Bertz CT molecular complexity index is 584. The van der Waals surface area contributed by atoms with Crippen LogP contribution in [0.3, 0.4) is 0 Å². The van der Waals surface area contributed by atoms with Gasteiger partial charge >= 0.3 is 0 Å². The molecule has 0 radical (unpaired) electrons. The lowest BCUT2D eigenvalue weighted by Gasteiger charge is -2.12. The second kappa shape index (κ2) is 5.94. The number of hydrogen-bond acceptors (Lipinski definition) is 5. The van der Waals surface area contributed by atoms with E-state index in [0.29, 0.717) is 6.61 Å². The Morgan fingerprint density at radius 3 is 2.33 bits per heavy atom. The van der Waals surface area contributed by atoms with Gasteiger partial charge in [-0.05, 0) is 24.6 Å². The van der Waals surface area contributed by atoms with Crippen LogP contribution in [0.2, 0.25) is 0 Å². The molecule has 0 heterocycles. The van der Waals surface area contributed by atoms with Gasteiger partial charge in [-0.15, -0.1) is 0 Å². The van der Waals surface area contributed by atoms with E-state index in [0.717, 1.165) is 11.3 Å². The summed E-state index contributed by atoms with van der Waals surface area (Å²) in [6.45, 7) is 4.30. The summed E-state index contributed by atoms with van der Waals surface area (Å²) in [5, 5.41) is -0.574. The first-order valence-electron chi connectivity index (χ1n) is 7.12. The normalized spacial score (nSPS) is 28.4. The second-order valence-electron chi connectivity index (χ2n) is 5.37. The van der Waals surface area contributed by atoms with E-state index in [-0.39, 0.29) is 18.3 Å². The summed E-state index contributed by atoms with van der Waals surface area (Å²) in [6, 6.07) is 7.40. The highest BCUT2D eigenvalue weighted by Crippen LogP contribution is 2.54. The van der Waals surface area contributed by atoms with Gasteiger partial charge in [0.05, 0.1) is 24.5 Å². The van der Waals surface area contributed by atoms with Gasteiger partial charge in [0.2, 0.25) is 0 Å². The molecule has 0 aromatic heterocycles. The Labute approximate surface area is 126 Å². The van der Waals surface area contributed by atoms with Crippen LogP contribution in [0.15, 0.2) is 24.3 Å². The summed E-state index contributed by atoms with van der Waals surface area (Å²) in [5.74, 6) is 0.608. The van der Waals surface area contributed by atoms with Crippen LogP contribution in [0.5, 0.6) is 5.75 Å². The van der Waals surface area contributed by atoms with Crippen molar-refractivity contribution in [2.45, 2.75) is 30.6 Å². The average Bonchev–Trinajstić information content (AvgIpc) is 3.12. The molecule has 1 aliphatic carbocycles. The number of methoxy groups -OCH3 is 1. The molecule has 6 heteroatoms. The number of hydrogen-bond donors (Lipinski definition) is 1. The monoisotopic (exact) mass is 313 g/mol. The SMILES string of the molecule is CCOC[C@@]1(N)[C@@H](c2ccc(OC)cc2)[C@@H]1S(=O)(=O)CC. The van der Waals surface area contributed by atoms with Crippen LogP contribution in [0.1, 0.15) is 25.3 Å². The van der Waals surface area contributed by atoms with Gasteiger partial charge in [0.1, 0.15) is 5.75 Å². The first-order valence-corrected chi connectivity index (χ1v) is 8.84. The first-order chi connectivity index (χ1) is 9.90. The molecule has 1 aromatic rings. The highest BCUT2D eigenvalue weighted by molar-refractivity contribution is 7.92. The first kappa shape index (κ1) is 16.3. The zero-order valence-corrected chi connectivity index (χ0v) is 13.5. The number of sulfone groups is 1. The third-order valence-corrected chi connectivity index (χ3v) is 6.41. The topological polar surface area (TPSA) is 78.6 Å². The van der Waals surface area contributed by atoms with E-state index in [9.17, 15) is 8.42 Å². The van der Waals surface area contributed by atoms with Crippen molar-refractivity contribution in [3.8, 4) is 5.75 Å². The predicted molar refractivity (Wildman–Crippen MR) is 82.4 cm³/mol. The van der Waals surface area contributed by atoms with Crippen molar-refractivity contribution >= 4 is 9.84 Å². The smallest absolute Gasteiger partial charge is 0.155 e. The average molecular weight is 313 g/mol. The predicted octanol–water partition coefficient (Wildman–Crippen LogP) is 1.33. The molecule has 3 atom stereocenters. The van der Waals surface area contributed by atoms with Crippen LogP contribution in [-0.4, -0.2) is 45.3 Å². The number of nitrogens with two attached hydrogens (primary N) is 1. The molecule has 1 aromatic carbocycles.